The number of ketones is 1. The lowest BCUT2D eigenvalue weighted by atomic mass is 9.65. The number of rotatable bonds is 4. The fourth-order valence-electron chi connectivity index (χ4n) is 5.22. The topological polar surface area (TPSA) is 34.1 Å². The average Bonchev–Trinajstić information content (AvgIpc) is 3.04. The second kappa shape index (κ2) is 5.33. The van der Waals surface area contributed by atoms with Crippen LogP contribution in [0.25, 0.3) is 0 Å². The fourth-order valence-corrected chi connectivity index (χ4v) is 5.22. The van der Waals surface area contributed by atoms with E-state index in [1.54, 1.807) is 0 Å². The standard InChI is InChI=1S/C20H26O2/c1-12(2)6-5-7-13(3)15-8-9-20(11-21)16-10-17(22)18(14(16)4)19(15)20/h6-9,11,14-16,18-19H,5,10H2,1-4H3/b13-7-/t14?,15-,16-,18-,19-,20-/m0/s1. The Morgan fingerprint density at radius 2 is 2.05 bits per heavy atom. The van der Waals surface area contributed by atoms with Gasteiger partial charge in [0.1, 0.15) is 12.1 Å². The van der Waals surface area contributed by atoms with Crippen LogP contribution in [-0.4, -0.2) is 12.1 Å². The van der Waals surface area contributed by atoms with Gasteiger partial charge in [-0.25, -0.2) is 0 Å². The minimum atomic E-state index is -0.381. The molecule has 0 aromatic carbocycles. The van der Waals surface area contributed by atoms with Crippen LogP contribution >= 0.6 is 0 Å². The molecule has 0 aromatic heterocycles. The summed E-state index contributed by atoms with van der Waals surface area (Å²) in [5.41, 5.74) is 2.24. The van der Waals surface area contributed by atoms with Crippen LogP contribution in [-0.2, 0) is 9.59 Å². The first-order chi connectivity index (χ1) is 10.4. The van der Waals surface area contributed by atoms with Crippen molar-refractivity contribution in [2.24, 2.45) is 35.0 Å². The normalized spacial score (nSPS) is 42.6. The van der Waals surface area contributed by atoms with Gasteiger partial charge in [0.15, 0.2) is 0 Å². The van der Waals surface area contributed by atoms with Gasteiger partial charge in [-0.3, -0.25) is 4.79 Å². The van der Waals surface area contributed by atoms with Crippen molar-refractivity contribution in [3.63, 3.8) is 0 Å². The van der Waals surface area contributed by atoms with Gasteiger partial charge >= 0.3 is 0 Å². The molecule has 0 radical (unpaired) electrons. The highest BCUT2D eigenvalue weighted by Crippen LogP contribution is 2.66. The molecule has 0 aliphatic heterocycles. The molecule has 0 heterocycles. The first-order valence-electron chi connectivity index (χ1n) is 8.40. The zero-order valence-corrected chi connectivity index (χ0v) is 14.0. The predicted molar refractivity (Wildman–Crippen MR) is 88.2 cm³/mol. The molecule has 0 N–H and O–H groups in total. The van der Waals surface area contributed by atoms with Crippen LogP contribution in [0.2, 0.25) is 0 Å². The Morgan fingerprint density at radius 1 is 1.32 bits per heavy atom. The molecule has 118 valence electrons. The first-order valence-corrected chi connectivity index (χ1v) is 8.40. The molecular formula is C20H26O2. The second-order valence-electron chi connectivity index (χ2n) is 7.66. The molecule has 0 amide bonds. The Labute approximate surface area is 133 Å². The number of aldehydes is 1. The van der Waals surface area contributed by atoms with Gasteiger partial charge in [-0.2, -0.15) is 0 Å². The maximum atomic E-state index is 12.3. The molecule has 3 aliphatic carbocycles. The van der Waals surface area contributed by atoms with Gasteiger partial charge < -0.3 is 4.79 Å². The van der Waals surface area contributed by atoms with Gasteiger partial charge in [-0.1, -0.05) is 42.4 Å². The summed E-state index contributed by atoms with van der Waals surface area (Å²) in [5, 5.41) is 0. The number of Topliss-reactive ketones (excluding diaryl/α,β-unsaturated/α-hetero) is 1. The number of carbonyl (C=O) groups excluding carboxylic acids is 2. The van der Waals surface area contributed by atoms with E-state index in [4.69, 9.17) is 0 Å². The number of fused-ring (bicyclic) bond motifs is 5. The summed E-state index contributed by atoms with van der Waals surface area (Å²) < 4.78 is 0. The molecule has 2 bridgehead atoms. The van der Waals surface area contributed by atoms with E-state index in [1.807, 2.05) is 0 Å². The molecule has 0 aromatic rings. The Bertz CT molecular complexity index is 591. The molecule has 2 fully saturated rings. The lowest BCUT2D eigenvalue weighted by Crippen LogP contribution is -2.39. The zero-order chi connectivity index (χ0) is 16.1. The number of allylic oxidation sites excluding steroid dienone is 6. The summed E-state index contributed by atoms with van der Waals surface area (Å²) >= 11 is 0. The third kappa shape index (κ3) is 2.00. The summed E-state index contributed by atoms with van der Waals surface area (Å²) in [7, 11) is 0. The summed E-state index contributed by atoms with van der Waals surface area (Å²) in [6.45, 7) is 8.52. The quantitative estimate of drug-likeness (QED) is 0.577. The molecule has 3 aliphatic rings. The lowest BCUT2D eigenvalue weighted by molar-refractivity contribution is -0.129. The van der Waals surface area contributed by atoms with Crippen LogP contribution in [0.4, 0.5) is 0 Å². The molecule has 0 saturated heterocycles. The predicted octanol–water partition coefficient (Wildman–Crippen LogP) is 4.13. The lowest BCUT2D eigenvalue weighted by Gasteiger charge is -2.36. The van der Waals surface area contributed by atoms with Gasteiger partial charge in [0.25, 0.3) is 0 Å². The zero-order valence-electron chi connectivity index (χ0n) is 14.0. The first kappa shape index (κ1) is 15.5. The molecule has 22 heavy (non-hydrogen) atoms. The van der Waals surface area contributed by atoms with Crippen LogP contribution in [0.15, 0.2) is 35.5 Å². The van der Waals surface area contributed by atoms with Gasteiger partial charge in [0.2, 0.25) is 0 Å². The van der Waals surface area contributed by atoms with E-state index < -0.39 is 0 Å². The van der Waals surface area contributed by atoms with Gasteiger partial charge in [0, 0.05) is 18.3 Å². The van der Waals surface area contributed by atoms with Crippen LogP contribution in [0, 0.1) is 35.0 Å². The van der Waals surface area contributed by atoms with Crippen molar-refractivity contribution in [3.05, 3.63) is 35.5 Å². The van der Waals surface area contributed by atoms with Crippen LogP contribution in [0.1, 0.15) is 40.5 Å². The van der Waals surface area contributed by atoms with Crippen molar-refractivity contribution >= 4 is 12.1 Å². The molecular weight excluding hydrogens is 272 g/mol. The highest BCUT2D eigenvalue weighted by molar-refractivity contribution is 5.89. The summed E-state index contributed by atoms with van der Waals surface area (Å²) in [5.74, 6) is 1.43. The monoisotopic (exact) mass is 298 g/mol. The minimum Gasteiger partial charge on any atom is -0.302 e. The smallest absolute Gasteiger partial charge is 0.136 e. The Hall–Kier alpha value is -1.44. The van der Waals surface area contributed by atoms with Crippen molar-refractivity contribution < 1.29 is 9.59 Å². The third-order valence-electron chi connectivity index (χ3n) is 6.28. The third-order valence-corrected chi connectivity index (χ3v) is 6.28. The molecule has 3 rings (SSSR count). The van der Waals surface area contributed by atoms with E-state index in [1.165, 1.54) is 11.1 Å². The van der Waals surface area contributed by atoms with Crippen molar-refractivity contribution in [3.8, 4) is 0 Å². The van der Waals surface area contributed by atoms with Gasteiger partial charge in [-0.15, -0.1) is 0 Å². The molecule has 2 heteroatoms. The summed E-state index contributed by atoms with van der Waals surface area (Å²) in [4.78, 5) is 24.3. The molecule has 0 spiro atoms. The highest BCUT2D eigenvalue weighted by Gasteiger charge is 2.67. The van der Waals surface area contributed by atoms with Gasteiger partial charge in [-0.05, 0) is 44.9 Å². The van der Waals surface area contributed by atoms with E-state index in [9.17, 15) is 9.59 Å². The summed E-state index contributed by atoms with van der Waals surface area (Å²) in [6, 6.07) is 0. The average molecular weight is 298 g/mol. The van der Waals surface area contributed by atoms with Crippen LogP contribution in [0.3, 0.4) is 0 Å². The van der Waals surface area contributed by atoms with E-state index in [0.717, 1.165) is 12.7 Å². The molecule has 2 nitrogen and oxygen atoms in total. The Morgan fingerprint density at radius 3 is 2.68 bits per heavy atom. The van der Waals surface area contributed by atoms with E-state index in [-0.39, 0.29) is 29.1 Å². The van der Waals surface area contributed by atoms with Crippen molar-refractivity contribution in [1.82, 2.24) is 0 Å². The minimum absolute atomic E-state index is 0.0713. The van der Waals surface area contributed by atoms with E-state index in [0.29, 0.717) is 18.1 Å². The largest absolute Gasteiger partial charge is 0.302 e. The van der Waals surface area contributed by atoms with Crippen molar-refractivity contribution in [2.75, 3.05) is 0 Å². The van der Waals surface area contributed by atoms with E-state index >= 15 is 0 Å². The maximum absolute atomic E-state index is 12.3. The Balaban J connectivity index is 1.90. The summed E-state index contributed by atoms with van der Waals surface area (Å²) in [6.07, 6.45) is 11.5. The maximum Gasteiger partial charge on any atom is 0.136 e. The molecule has 6 atom stereocenters. The number of hydrogen-bond acceptors (Lipinski definition) is 2. The second-order valence-corrected chi connectivity index (χ2v) is 7.66. The SMILES string of the molecule is CC(C)=CC/C=C(/C)[C@@H]1C=C[C@@]2(C=O)[C@@H]1[C@@H]1C(=O)C[C@H]2C1C. The van der Waals surface area contributed by atoms with Crippen LogP contribution < -0.4 is 0 Å². The molecule has 2 saturated carbocycles. The highest BCUT2D eigenvalue weighted by atomic mass is 16.1. The van der Waals surface area contributed by atoms with Gasteiger partial charge in [0.05, 0.1) is 5.41 Å². The number of hydrogen-bond donors (Lipinski definition) is 0. The fraction of sp³-hybridized carbons (Fsp3) is 0.600. The molecule has 1 unspecified atom stereocenters. The van der Waals surface area contributed by atoms with Crippen molar-refractivity contribution in [2.45, 2.75) is 40.5 Å². The Kier molecular flexibility index (Phi) is 3.74. The van der Waals surface area contributed by atoms with E-state index in [2.05, 4.69) is 52.0 Å². The van der Waals surface area contributed by atoms with Crippen molar-refractivity contribution in [1.29, 1.82) is 0 Å². The number of carbonyl (C=O) groups is 2. The van der Waals surface area contributed by atoms with Crippen LogP contribution in [0.5, 0.6) is 0 Å².